The molecule has 3 heterocycles. The molecule has 1 N–H and O–H groups in total. The first-order chi connectivity index (χ1) is 14.5. The summed E-state index contributed by atoms with van der Waals surface area (Å²) >= 11 is 0. The average Bonchev–Trinajstić information content (AvgIpc) is 3.10. The number of hydrogen-bond acceptors (Lipinski definition) is 6. The zero-order chi connectivity index (χ0) is 21.1. The van der Waals surface area contributed by atoms with E-state index in [0.29, 0.717) is 29.8 Å². The monoisotopic (exact) mass is 406 g/mol. The van der Waals surface area contributed by atoms with Crippen molar-refractivity contribution in [2.24, 2.45) is 0 Å². The van der Waals surface area contributed by atoms with Crippen LogP contribution in [0.3, 0.4) is 0 Å². The lowest BCUT2D eigenvalue weighted by molar-refractivity contribution is -0.120. The minimum atomic E-state index is -0.381. The minimum absolute atomic E-state index is 0.0516. The van der Waals surface area contributed by atoms with Gasteiger partial charge in [0.05, 0.1) is 6.42 Å². The maximum Gasteiger partial charge on any atom is 0.252 e. The summed E-state index contributed by atoms with van der Waals surface area (Å²) in [7, 11) is 0. The van der Waals surface area contributed by atoms with E-state index in [1.807, 2.05) is 19.9 Å². The van der Waals surface area contributed by atoms with Gasteiger partial charge < -0.3 is 10.1 Å². The number of aryl methyl sites for hydroxylation is 2. The fourth-order valence-corrected chi connectivity index (χ4v) is 2.92. The zero-order valence-electron chi connectivity index (χ0n) is 16.5. The van der Waals surface area contributed by atoms with Gasteiger partial charge in [0.25, 0.3) is 5.78 Å². The van der Waals surface area contributed by atoms with E-state index in [1.165, 1.54) is 12.1 Å². The van der Waals surface area contributed by atoms with Gasteiger partial charge in [0.15, 0.2) is 5.82 Å². The van der Waals surface area contributed by atoms with Gasteiger partial charge in [-0.2, -0.15) is 4.98 Å². The molecule has 3 aromatic heterocycles. The van der Waals surface area contributed by atoms with Crippen LogP contribution < -0.4 is 10.1 Å². The van der Waals surface area contributed by atoms with Gasteiger partial charge in [0, 0.05) is 36.3 Å². The highest BCUT2D eigenvalue weighted by molar-refractivity contribution is 5.77. The number of fused-ring (bicyclic) bond motifs is 1. The molecule has 0 aliphatic carbocycles. The predicted octanol–water partition coefficient (Wildman–Crippen LogP) is 2.93. The van der Waals surface area contributed by atoms with Gasteiger partial charge in [-0.15, -0.1) is 5.10 Å². The van der Waals surface area contributed by atoms with E-state index < -0.39 is 0 Å². The Labute approximate surface area is 171 Å². The third-order valence-corrected chi connectivity index (χ3v) is 4.29. The van der Waals surface area contributed by atoms with Crippen LogP contribution in [0.5, 0.6) is 11.6 Å². The van der Waals surface area contributed by atoms with Crippen LogP contribution in [0.15, 0.2) is 48.7 Å². The third-order valence-electron chi connectivity index (χ3n) is 4.29. The maximum absolute atomic E-state index is 13.2. The molecule has 0 aliphatic heterocycles. The largest absolute Gasteiger partial charge is 0.439 e. The predicted molar refractivity (Wildman–Crippen MR) is 107 cm³/mol. The van der Waals surface area contributed by atoms with Crippen molar-refractivity contribution < 1.29 is 13.9 Å². The van der Waals surface area contributed by atoms with Crippen molar-refractivity contribution in [1.82, 2.24) is 29.9 Å². The first-order valence-corrected chi connectivity index (χ1v) is 9.31. The number of amides is 1. The first-order valence-electron chi connectivity index (χ1n) is 9.31. The van der Waals surface area contributed by atoms with Crippen molar-refractivity contribution in [3.05, 3.63) is 77.3 Å². The van der Waals surface area contributed by atoms with Crippen molar-refractivity contribution in [3.63, 3.8) is 0 Å². The van der Waals surface area contributed by atoms with Gasteiger partial charge in [0.1, 0.15) is 11.6 Å². The highest BCUT2D eigenvalue weighted by Crippen LogP contribution is 2.20. The smallest absolute Gasteiger partial charge is 0.252 e. The lowest BCUT2D eigenvalue weighted by Crippen LogP contribution is -2.25. The van der Waals surface area contributed by atoms with Crippen LogP contribution in [0, 0.1) is 19.7 Å². The van der Waals surface area contributed by atoms with Gasteiger partial charge in [-0.05, 0) is 37.6 Å². The summed E-state index contributed by atoms with van der Waals surface area (Å²) in [5.41, 5.74) is 2.55. The van der Waals surface area contributed by atoms with Crippen molar-refractivity contribution >= 4 is 11.7 Å². The van der Waals surface area contributed by atoms with Crippen LogP contribution in [-0.2, 0) is 17.8 Å². The third kappa shape index (κ3) is 4.57. The lowest BCUT2D eigenvalue weighted by atomic mass is 10.2. The van der Waals surface area contributed by atoms with Gasteiger partial charge in [-0.25, -0.2) is 18.9 Å². The normalized spacial score (nSPS) is 10.9. The standard InChI is InChI=1S/C21H19FN6O2/c1-13-8-14(2)28-21(25-13)26-18(27-28)10-19(29)23-11-15-6-7-20(24-12-15)30-17-5-3-4-16(22)9-17/h3-9,12H,10-11H2,1-2H3,(H,23,29). The molecule has 0 atom stereocenters. The molecule has 152 valence electrons. The Morgan fingerprint density at radius 2 is 2.03 bits per heavy atom. The van der Waals surface area contributed by atoms with Crippen molar-refractivity contribution in [3.8, 4) is 11.6 Å². The molecule has 9 heteroatoms. The Hall–Kier alpha value is -3.88. The zero-order valence-corrected chi connectivity index (χ0v) is 16.5. The topological polar surface area (TPSA) is 94.3 Å². The highest BCUT2D eigenvalue weighted by Gasteiger charge is 2.12. The summed E-state index contributed by atoms with van der Waals surface area (Å²) in [6, 6.07) is 11.2. The summed E-state index contributed by atoms with van der Waals surface area (Å²) in [4.78, 5) is 25.1. The second-order valence-electron chi connectivity index (χ2n) is 6.80. The molecule has 30 heavy (non-hydrogen) atoms. The van der Waals surface area contributed by atoms with Crippen LogP contribution >= 0.6 is 0 Å². The molecule has 0 saturated heterocycles. The van der Waals surface area contributed by atoms with E-state index in [-0.39, 0.29) is 18.1 Å². The molecule has 1 amide bonds. The van der Waals surface area contributed by atoms with Crippen molar-refractivity contribution in [2.75, 3.05) is 0 Å². The molecule has 0 saturated carbocycles. The first kappa shape index (κ1) is 19.4. The molecule has 8 nitrogen and oxygen atoms in total. The van der Waals surface area contributed by atoms with E-state index in [4.69, 9.17) is 4.74 Å². The number of carbonyl (C=O) groups excluding carboxylic acids is 1. The minimum Gasteiger partial charge on any atom is -0.439 e. The SMILES string of the molecule is Cc1cc(C)n2nc(CC(=O)NCc3ccc(Oc4cccc(F)c4)nc3)nc2n1. The quantitative estimate of drug-likeness (QED) is 0.529. The molecule has 4 rings (SSSR count). The molecule has 0 radical (unpaired) electrons. The lowest BCUT2D eigenvalue weighted by Gasteiger charge is -2.07. The molecule has 0 aliphatic rings. The van der Waals surface area contributed by atoms with E-state index in [2.05, 4.69) is 25.4 Å². The molecule has 4 aromatic rings. The van der Waals surface area contributed by atoms with Gasteiger partial charge >= 0.3 is 0 Å². The van der Waals surface area contributed by atoms with E-state index in [1.54, 1.807) is 35.0 Å². The van der Waals surface area contributed by atoms with E-state index in [0.717, 1.165) is 17.0 Å². The fourth-order valence-electron chi connectivity index (χ4n) is 2.92. The Morgan fingerprint density at radius 1 is 1.17 bits per heavy atom. The van der Waals surface area contributed by atoms with Gasteiger partial charge in [-0.3, -0.25) is 4.79 Å². The Bertz CT molecular complexity index is 1210. The average molecular weight is 406 g/mol. The van der Waals surface area contributed by atoms with Crippen LogP contribution in [0.25, 0.3) is 5.78 Å². The Kier molecular flexibility index (Phi) is 5.34. The molecular formula is C21H19FN6O2. The number of nitrogens with zero attached hydrogens (tertiary/aromatic N) is 5. The molecule has 1 aromatic carbocycles. The number of rotatable bonds is 6. The molecule has 0 spiro atoms. The van der Waals surface area contributed by atoms with Gasteiger partial charge in [0.2, 0.25) is 11.8 Å². The van der Waals surface area contributed by atoms with Crippen molar-refractivity contribution in [2.45, 2.75) is 26.8 Å². The Morgan fingerprint density at radius 3 is 2.80 bits per heavy atom. The molecular weight excluding hydrogens is 387 g/mol. The summed E-state index contributed by atoms with van der Waals surface area (Å²) in [6.45, 7) is 4.10. The second-order valence-corrected chi connectivity index (χ2v) is 6.80. The van der Waals surface area contributed by atoms with Crippen LogP contribution in [0.4, 0.5) is 4.39 Å². The fraction of sp³-hybridized carbons (Fsp3) is 0.190. The van der Waals surface area contributed by atoms with E-state index in [9.17, 15) is 9.18 Å². The van der Waals surface area contributed by atoms with Gasteiger partial charge in [-0.1, -0.05) is 12.1 Å². The summed E-state index contributed by atoms with van der Waals surface area (Å²) < 4.78 is 20.3. The molecule has 0 bridgehead atoms. The maximum atomic E-state index is 13.2. The molecule has 0 fully saturated rings. The number of aromatic nitrogens is 5. The highest BCUT2D eigenvalue weighted by atomic mass is 19.1. The van der Waals surface area contributed by atoms with E-state index >= 15 is 0 Å². The molecule has 0 unspecified atom stereocenters. The number of ether oxygens (including phenoxy) is 1. The summed E-state index contributed by atoms with van der Waals surface area (Å²) in [5, 5.41) is 7.15. The summed E-state index contributed by atoms with van der Waals surface area (Å²) in [6.07, 6.45) is 1.64. The summed E-state index contributed by atoms with van der Waals surface area (Å²) in [5.74, 6) is 0.999. The van der Waals surface area contributed by atoms with Crippen LogP contribution in [-0.4, -0.2) is 30.5 Å². The van der Waals surface area contributed by atoms with Crippen molar-refractivity contribution in [1.29, 1.82) is 0 Å². The van der Waals surface area contributed by atoms with Crippen LogP contribution in [0.1, 0.15) is 22.8 Å². The number of nitrogens with one attached hydrogen (secondary N) is 1. The number of hydrogen-bond donors (Lipinski definition) is 1. The number of pyridine rings is 1. The number of benzene rings is 1. The Balaban J connectivity index is 1.33. The number of halogens is 1. The second kappa shape index (κ2) is 8.24. The number of carbonyl (C=O) groups is 1. The van der Waals surface area contributed by atoms with Crippen LogP contribution in [0.2, 0.25) is 0 Å².